The van der Waals surface area contributed by atoms with Gasteiger partial charge in [0.05, 0.1) is 12.1 Å². The molecule has 0 rings (SSSR count). The maximum Gasteiger partial charge on any atom is 0 e. The Morgan fingerprint density at radius 1 is 0.818 bits per heavy atom. The molecular weight excluding hydrogens is 1280 g/mol. The molecule has 0 aromatic heterocycles. The molecule has 0 atom stereocenters. The number of aliphatic imine (C=N–C) groups is 2. The second-order valence-electron chi connectivity index (χ2n) is 4.21. The fraction of sp³-hybridized carbons (Fsp3) is 0.391. The summed E-state index contributed by atoms with van der Waals surface area (Å²) in [5, 5.41) is 14.6. The summed E-state index contributed by atoms with van der Waals surface area (Å²) < 4.78 is 2.28. The van der Waals surface area contributed by atoms with Crippen molar-refractivity contribution in [3.05, 3.63) is 47.9 Å². The van der Waals surface area contributed by atoms with Gasteiger partial charge in [-0.1, -0.05) is 7.43 Å². The topological polar surface area (TPSA) is 72.3 Å². The molecule has 0 aliphatic heterocycles. The summed E-state index contributed by atoms with van der Waals surface area (Å²) in [5.74, 6) is 0. The van der Waals surface area contributed by atoms with Crippen LogP contribution in [0.1, 0.15) is 61.8 Å². The van der Waals surface area contributed by atoms with E-state index in [-0.39, 0.29) is 107 Å². The summed E-state index contributed by atoms with van der Waals surface area (Å²) in [6, 6.07) is 3.50. The maximum atomic E-state index is 7.32. The average molecular weight is 1310 g/mol. The van der Waals surface area contributed by atoms with Crippen molar-refractivity contribution in [3.8, 4) is 12.1 Å². The molecule has 0 N–H and O–H groups in total. The van der Waals surface area contributed by atoms with E-state index in [0.717, 1.165) is 32.0 Å². The molecule has 4 nitrogen and oxygen atoms in total. The van der Waals surface area contributed by atoms with Crippen LogP contribution < -0.4 is 0 Å². The van der Waals surface area contributed by atoms with Gasteiger partial charge in [0, 0.05) is 113 Å². The smallest absolute Gasteiger partial charge is 0 e. The van der Waals surface area contributed by atoms with E-state index < -0.39 is 0 Å². The van der Waals surface area contributed by atoms with Crippen molar-refractivity contribution >= 4 is 21.2 Å². The van der Waals surface area contributed by atoms with Crippen LogP contribution in [0.5, 0.6) is 0 Å². The zero-order valence-corrected chi connectivity index (χ0v) is 36.2. The predicted octanol–water partition coefficient (Wildman–Crippen LogP) is 5.21. The number of hydrogen-bond donors (Lipinski definition) is 0. The third-order valence-electron chi connectivity index (χ3n) is 1.96. The normalized spacial score (nSPS) is 8.48. The number of rotatable bonds is 8. The van der Waals surface area contributed by atoms with Crippen LogP contribution in [0, 0.1) is 109 Å². The molecule has 0 aliphatic carbocycles. The van der Waals surface area contributed by atoms with Gasteiger partial charge >= 0.3 is 158 Å². The van der Waals surface area contributed by atoms with Crippen molar-refractivity contribution in [2.24, 2.45) is 9.98 Å². The van der Waals surface area contributed by atoms with E-state index in [0.29, 0.717) is 0 Å². The average Bonchev–Trinajstić information content (AvgIpc) is 2.64. The van der Waals surface area contributed by atoms with Gasteiger partial charge < -0.3 is 0 Å². The first-order chi connectivity index (χ1) is 13.3. The SMILES string of the molecule is C.CC#N.CC#N.[CH-]=NC(=[C-]C=[C-]CC)[C](C)=[W].[CH-]=NC(=[C-]C=[C-]CC)[C](C)=[W].[U].[U].[V].[V]. The van der Waals surface area contributed by atoms with Gasteiger partial charge in [-0.05, 0) is 0 Å². The van der Waals surface area contributed by atoms with Crippen LogP contribution in [-0.4, -0.2) is 21.2 Å². The molecule has 33 heavy (non-hydrogen) atoms. The van der Waals surface area contributed by atoms with Crippen molar-refractivity contribution in [1.29, 1.82) is 10.5 Å². The Balaban J connectivity index is -0.0000000357. The maximum absolute atomic E-state index is 7.32. The molecule has 2 radical (unpaired) electrons. The minimum absolute atomic E-state index is 0. The van der Waals surface area contributed by atoms with E-state index >= 15 is 0 Å². The van der Waals surface area contributed by atoms with Crippen molar-refractivity contribution in [2.45, 2.75) is 61.8 Å². The molecule has 0 saturated carbocycles. The molecule has 0 saturated heterocycles. The molecule has 0 aliphatic rings. The molecular formula is C23H30N4U2V2W2-6. The molecule has 0 bridgehead atoms. The number of hydrogen-bond acceptors (Lipinski definition) is 4. The second-order valence-corrected chi connectivity index (χ2v) is 8.61. The van der Waals surface area contributed by atoms with Crippen LogP contribution in [0.15, 0.2) is 33.5 Å². The van der Waals surface area contributed by atoms with Crippen LogP contribution >= 0.6 is 0 Å². The monoisotopic (exact) mass is 1310 g/mol. The van der Waals surface area contributed by atoms with Gasteiger partial charge in [0.2, 0.25) is 0 Å². The first-order valence-corrected chi connectivity index (χ1v) is 11.0. The minimum Gasteiger partial charge on any atom is 0 e. The number of allylic oxidation sites excluding steroid dienone is 8. The van der Waals surface area contributed by atoms with Crippen LogP contribution in [0.3, 0.4) is 0 Å². The van der Waals surface area contributed by atoms with E-state index in [1.54, 1.807) is 24.3 Å². The van der Waals surface area contributed by atoms with E-state index in [1.807, 2.05) is 27.7 Å². The molecule has 0 aromatic carbocycles. The van der Waals surface area contributed by atoms with Gasteiger partial charge in [-0.15, -0.1) is 0 Å². The standard InChI is InChI=1S/2C9H10N.2C2H3N.CH4.2U.2V.2W/c2*1-4-6-7-8-9(5-2)10-3;2*1-2-3;;;;;;;/h2*3,7H,4H2,1-2H3;2*1H3;1H4;;;;;;/q2*-3;;;;;;;;;. The minimum atomic E-state index is 0. The summed E-state index contributed by atoms with van der Waals surface area (Å²) in [6.07, 6.45) is 17.1. The Kier molecular flexibility index (Phi) is 98.6. The summed E-state index contributed by atoms with van der Waals surface area (Å²) in [7, 11) is 0. The molecule has 10 heteroatoms. The molecule has 0 heterocycles. The number of nitrogens with zero attached hydrogens (tertiary/aromatic N) is 4. The van der Waals surface area contributed by atoms with Gasteiger partial charge in [-0.3, -0.25) is 0 Å². The first kappa shape index (κ1) is 59.6. The van der Waals surface area contributed by atoms with Gasteiger partial charge in [-0.2, -0.15) is 10.5 Å². The second kappa shape index (κ2) is 54.5. The van der Waals surface area contributed by atoms with Gasteiger partial charge in [0.25, 0.3) is 0 Å². The fourth-order valence-electron chi connectivity index (χ4n) is 0.903. The van der Waals surface area contributed by atoms with Crippen molar-refractivity contribution in [2.75, 3.05) is 0 Å². The Morgan fingerprint density at radius 3 is 1.15 bits per heavy atom. The third-order valence-corrected chi connectivity index (χ3v) is 3.34. The molecule has 0 spiro atoms. The van der Waals surface area contributed by atoms with E-state index in [9.17, 15) is 0 Å². The summed E-state index contributed by atoms with van der Waals surface area (Å²) in [4.78, 5) is 7.15. The van der Waals surface area contributed by atoms with Crippen molar-refractivity contribution in [1.82, 2.24) is 0 Å². The van der Waals surface area contributed by atoms with Crippen molar-refractivity contribution in [3.63, 3.8) is 0 Å². The van der Waals surface area contributed by atoms with Crippen molar-refractivity contribution < 1.29 is 138 Å². The van der Waals surface area contributed by atoms with Crippen LogP contribution in [0.25, 0.3) is 0 Å². The van der Waals surface area contributed by atoms with E-state index in [1.165, 1.54) is 52.6 Å². The quantitative estimate of drug-likeness (QED) is 0.191. The Labute approximate surface area is 297 Å². The number of nitriles is 2. The molecule has 0 fully saturated rings. The largest absolute Gasteiger partial charge is 0 e. The zero-order valence-electron chi connectivity index (χ0n) is 19.2. The van der Waals surface area contributed by atoms with Crippen LogP contribution in [0.4, 0.5) is 0 Å². The summed E-state index contributed by atoms with van der Waals surface area (Å²) in [5.41, 5.74) is 1.47. The molecule has 178 valence electrons. The van der Waals surface area contributed by atoms with Crippen LogP contribution in [-0.2, 0) is 75.8 Å². The Hall–Kier alpha value is 1.67. The van der Waals surface area contributed by atoms with Gasteiger partial charge in [-0.25, -0.2) is 0 Å². The predicted molar refractivity (Wildman–Crippen MR) is 117 cm³/mol. The fourth-order valence-corrected chi connectivity index (χ4v) is 1.70. The molecule has 0 amide bonds. The third kappa shape index (κ3) is 60.3. The Bertz CT molecular complexity index is 619. The van der Waals surface area contributed by atoms with Gasteiger partial charge in [0.15, 0.2) is 0 Å². The van der Waals surface area contributed by atoms with Gasteiger partial charge in [0.1, 0.15) is 0 Å². The Morgan fingerprint density at radius 2 is 1.03 bits per heavy atom. The first-order valence-electron chi connectivity index (χ1n) is 8.10. The van der Waals surface area contributed by atoms with E-state index in [2.05, 4.69) is 34.3 Å². The van der Waals surface area contributed by atoms with E-state index in [4.69, 9.17) is 24.0 Å². The molecule has 0 unspecified atom stereocenters. The summed E-state index contributed by atoms with van der Waals surface area (Å²) >= 11 is 2.73. The zero-order chi connectivity index (χ0) is 22.8. The van der Waals surface area contributed by atoms with Crippen LogP contribution in [0.2, 0.25) is 0 Å². The summed E-state index contributed by atoms with van der Waals surface area (Å²) in [6.45, 7) is 21.1. The molecule has 0 aromatic rings.